The molecule has 0 aromatic heterocycles. The topological polar surface area (TPSA) is 108 Å². The summed E-state index contributed by atoms with van der Waals surface area (Å²) in [6.45, 7) is 1.63. The average molecular weight is 194 g/mol. The lowest BCUT2D eigenvalue weighted by Crippen LogP contribution is -2.22. The Bertz CT molecular complexity index is 396. The molecule has 0 aliphatic carbocycles. The van der Waals surface area contributed by atoms with Crippen LogP contribution in [0.5, 0.6) is 0 Å². The van der Waals surface area contributed by atoms with E-state index in [1.54, 1.807) is 19.1 Å². The van der Waals surface area contributed by atoms with E-state index in [4.69, 9.17) is 11.5 Å². The Hall–Kier alpha value is -2.11. The molecule has 0 amide bonds. The van der Waals surface area contributed by atoms with Gasteiger partial charge in [-0.2, -0.15) is 0 Å². The Labute approximate surface area is 80.4 Å². The molecule has 0 aliphatic rings. The van der Waals surface area contributed by atoms with E-state index in [1.165, 1.54) is 6.07 Å². The Kier molecular flexibility index (Phi) is 2.66. The molecule has 74 valence electrons. The maximum Gasteiger partial charge on any atom is 0.297 e. The van der Waals surface area contributed by atoms with Gasteiger partial charge in [0.1, 0.15) is 5.69 Å². The minimum Gasteiger partial charge on any atom is -0.370 e. The number of benzene rings is 1. The predicted molar refractivity (Wildman–Crippen MR) is 53.3 cm³/mol. The first kappa shape index (κ1) is 9.97. The van der Waals surface area contributed by atoms with Crippen LogP contribution in [0.15, 0.2) is 23.2 Å². The van der Waals surface area contributed by atoms with E-state index >= 15 is 0 Å². The number of para-hydroxylation sites is 1. The maximum absolute atomic E-state index is 10.7. The zero-order valence-electron chi connectivity index (χ0n) is 7.60. The van der Waals surface area contributed by atoms with Crippen LogP contribution in [0.2, 0.25) is 0 Å². The third-order valence-electron chi connectivity index (χ3n) is 1.65. The van der Waals surface area contributed by atoms with Crippen molar-refractivity contribution in [3.63, 3.8) is 0 Å². The van der Waals surface area contributed by atoms with E-state index in [9.17, 15) is 10.1 Å². The second-order valence-electron chi connectivity index (χ2n) is 2.74. The van der Waals surface area contributed by atoms with Crippen LogP contribution in [-0.4, -0.2) is 10.9 Å². The monoisotopic (exact) mass is 194 g/mol. The van der Waals surface area contributed by atoms with Gasteiger partial charge in [-0.25, -0.2) is 4.99 Å². The summed E-state index contributed by atoms with van der Waals surface area (Å²) in [5, 5.41) is 10.7. The van der Waals surface area contributed by atoms with Crippen molar-refractivity contribution in [3.8, 4) is 0 Å². The number of nitro groups is 1. The molecule has 0 saturated heterocycles. The Balaban J connectivity index is 3.36. The fourth-order valence-electron chi connectivity index (χ4n) is 1.11. The second kappa shape index (κ2) is 3.73. The lowest BCUT2D eigenvalue weighted by molar-refractivity contribution is -0.384. The molecule has 0 heterocycles. The van der Waals surface area contributed by atoms with Crippen molar-refractivity contribution >= 4 is 17.3 Å². The van der Waals surface area contributed by atoms with Crippen LogP contribution in [-0.2, 0) is 0 Å². The largest absolute Gasteiger partial charge is 0.370 e. The van der Waals surface area contributed by atoms with Crippen LogP contribution in [0.3, 0.4) is 0 Å². The molecule has 0 unspecified atom stereocenters. The third kappa shape index (κ3) is 1.98. The smallest absolute Gasteiger partial charge is 0.297 e. The highest BCUT2D eigenvalue weighted by Crippen LogP contribution is 2.29. The summed E-state index contributed by atoms with van der Waals surface area (Å²) in [7, 11) is 0. The molecule has 0 spiro atoms. The van der Waals surface area contributed by atoms with Gasteiger partial charge in [0.15, 0.2) is 5.96 Å². The number of nitro benzene ring substituents is 1. The zero-order chi connectivity index (χ0) is 10.7. The number of aliphatic imine (C=N–C) groups is 1. The van der Waals surface area contributed by atoms with Crippen molar-refractivity contribution in [2.45, 2.75) is 6.92 Å². The van der Waals surface area contributed by atoms with Crippen LogP contribution in [0.25, 0.3) is 0 Å². The van der Waals surface area contributed by atoms with E-state index in [0.29, 0.717) is 5.56 Å². The van der Waals surface area contributed by atoms with E-state index in [-0.39, 0.29) is 17.3 Å². The molecule has 1 aromatic carbocycles. The zero-order valence-corrected chi connectivity index (χ0v) is 7.60. The highest BCUT2D eigenvalue weighted by atomic mass is 16.6. The summed E-state index contributed by atoms with van der Waals surface area (Å²) in [6.07, 6.45) is 0. The third-order valence-corrected chi connectivity index (χ3v) is 1.65. The lowest BCUT2D eigenvalue weighted by atomic mass is 10.2. The highest BCUT2D eigenvalue weighted by molar-refractivity contribution is 5.81. The molecular formula is C8H10N4O2. The summed E-state index contributed by atoms with van der Waals surface area (Å²) >= 11 is 0. The normalized spacial score (nSPS) is 9.50. The molecule has 0 atom stereocenters. The quantitative estimate of drug-likeness (QED) is 0.314. The van der Waals surface area contributed by atoms with Gasteiger partial charge in [-0.15, -0.1) is 0 Å². The number of rotatable bonds is 2. The standard InChI is InChI=1S/C8H10N4O2/c1-5-3-2-4-6(11-8(9)10)7(5)12(13)14/h2-4H,1H3,(H4,9,10,11). The molecule has 6 nitrogen and oxygen atoms in total. The fraction of sp³-hybridized carbons (Fsp3) is 0.125. The molecule has 1 aromatic rings. The van der Waals surface area contributed by atoms with Crippen LogP contribution >= 0.6 is 0 Å². The Morgan fingerprint density at radius 1 is 1.50 bits per heavy atom. The van der Waals surface area contributed by atoms with Gasteiger partial charge in [-0.1, -0.05) is 12.1 Å². The molecule has 0 aliphatic heterocycles. The van der Waals surface area contributed by atoms with Crippen molar-refractivity contribution in [3.05, 3.63) is 33.9 Å². The Morgan fingerprint density at radius 3 is 2.64 bits per heavy atom. The van der Waals surface area contributed by atoms with Gasteiger partial charge < -0.3 is 11.5 Å². The van der Waals surface area contributed by atoms with Gasteiger partial charge in [-0.05, 0) is 13.0 Å². The van der Waals surface area contributed by atoms with Gasteiger partial charge in [0.25, 0.3) is 5.69 Å². The van der Waals surface area contributed by atoms with Crippen molar-refractivity contribution in [2.75, 3.05) is 0 Å². The molecule has 0 radical (unpaired) electrons. The summed E-state index contributed by atoms with van der Waals surface area (Å²) in [6, 6.07) is 4.78. The van der Waals surface area contributed by atoms with Crippen LogP contribution in [0.4, 0.5) is 11.4 Å². The first-order chi connectivity index (χ1) is 6.52. The van der Waals surface area contributed by atoms with Crippen molar-refractivity contribution in [2.24, 2.45) is 16.5 Å². The van der Waals surface area contributed by atoms with E-state index in [0.717, 1.165) is 0 Å². The minimum atomic E-state index is -0.503. The molecule has 0 saturated carbocycles. The van der Waals surface area contributed by atoms with Gasteiger partial charge >= 0.3 is 0 Å². The van der Waals surface area contributed by atoms with Gasteiger partial charge in [0.05, 0.1) is 4.92 Å². The van der Waals surface area contributed by atoms with Gasteiger partial charge in [-0.3, -0.25) is 10.1 Å². The summed E-state index contributed by atoms with van der Waals surface area (Å²) in [4.78, 5) is 13.8. The summed E-state index contributed by atoms with van der Waals surface area (Å²) < 4.78 is 0. The molecule has 6 heteroatoms. The second-order valence-corrected chi connectivity index (χ2v) is 2.74. The molecule has 0 fully saturated rings. The number of hydrogen-bond donors (Lipinski definition) is 2. The van der Waals surface area contributed by atoms with Crippen molar-refractivity contribution in [1.29, 1.82) is 0 Å². The fourth-order valence-corrected chi connectivity index (χ4v) is 1.11. The maximum atomic E-state index is 10.7. The van der Waals surface area contributed by atoms with Crippen LogP contribution in [0, 0.1) is 17.0 Å². The minimum absolute atomic E-state index is 0.0686. The van der Waals surface area contributed by atoms with E-state index in [2.05, 4.69) is 4.99 Å². The Morgan fingerprint density at radius 2 is 2.14 bits per heavy atom. The lowest BCUT2D eigenvalue weighted by Gasteiger charge is -2.00. The summed E-state index contributed by atoms with van der Waals surface area (Å²) in [5.74, 6) is -0.196. The molecule has 0 bridgehead atoms. The number of aryl methyl sites for hydroxylation is 1. The average Bonchev–Trinajstić information content (AvgIpc) is 2.01. The van der Waals surface area contributed by atoms with E-state index < -0.39 is 4.92 Å². The number of guanidine groups is 1. The van der Waals surface area contributed by atoms with Crippen LogP contribution in [0.1, 0.15) is 5.56 Å². The first-order valence-electron chi connectivity index (χ1n) is 3.86. The summed E-state index contributed by atoms with van der Waals surface area (Å²) in [5.41, 5.74) is 10.9. The highest BCUT2D eigenvalue weighted by Gasteiger charge is 2.15. The number of nitrogens with zero attached hydrogens (tertiary/aromatic N) is 2. The van der Waals surface area contributed by atoms with Crippen molar-refractivity contribution in [1.82, 2.24) is 0 Å². The van der Waals surface area contributed by atoms with Gasteiger partial charge in [0.2, 0.25) is 0 Å². The number of nitrogens with two attached hydrogens (primary N) is 2. The molecular weight excluding hydrogens is 184 g/mol. The van der Waals surface area contributed by atoms with Crippen molar-refractivity contribution < 1.29 is 4.92 Å². The molecule has 14 heavy (non-hydrogen) atoms. The van der Waals surface area contributed by atoms with E-state index in [1.807, 2.05) is 0 Å². The van der Waals surface area contributed by atoms with Gasteiger partial charge in [0, 0.05) is 5.56 Å². The predicted octanol–water partition coefficient (Wildman–Crippen LogP) is 0.808. The molecule has 4 N–H and O–H groups in total. The SMILES string of the molecule is Cc1cccc(N=C(N)N)c1[N+](=O)[O-]. The number of hydrogen-bond acceptors (Lipinski definition) is 3. The first-order valence-corrected chi connectivity index (χ1v) is 3.86. The molecule has 1 rings (SSSR count). The van der Waals surface area contributed by atoms with Crippen LogP contribution < -0.4 is 11.5 Å².